The highest BCUT2D eigenvalue weighted by molar-refractivity contribution is 5.90. The monoisotopic (exact) mass is 379 g/mol. The molecule has 0 radical (unpaired) electrons. The molecule has 1 amide bonds. The van der Waals surface area contributed by atoms with Crippen LogP contribution in [0.4, 0.5) is 10.5 Å². The zero-order valence-corrected chi connectivity index (χ0v) is 17.4. The molecule has 0 aromatic heterocycles. The first kappa shape index (κ1) is 20.0. The molecule has 0 aliphatic carbocycles. The molecule has 0 saturated heterocycles. The lowest BCUT2D eigenvalue weighted by Gasteiger charge is -2.31. The Bertz CT molecular complexity index is 899. The van der Waals surface area contributed by atoms with E-state index in [4.69, 9.17) is 4.74 Å². The molecule has 1 N–H and O–H groups in total. The lowest BCUT2D eigenvalue weighted by atomic mass is 9.98. The molecule has 0 bridgehead atoms. The number of phenols is 1. The van der Waals surface area contributed by atoms with Gasteiger partial charge in [0.2, 0.25) is 0 Å². The molecule has 0 atom stereocenters. The number of hydrogen-bond acceptors (Lipinski definition) is 3. The van der Waals surface area contributed by atoms with Crippen molar-refractivity contribution in [3.63, 3.8) is 0 Å². The molecule has 1 aliphatic heterocycles. The van der Waals surface area contributed by atoms with Crippen LogP contribution in [0.25, 0.3) is 12.2 Å². The van der Waals surface area contributed by atoms with E-state index in [2.05, 4.69) is 18.2 Å². The highest BCUT2D eigenvalue weighted by Crippen LogP contribution is 2.30. The molecule has 3 rings (SSSR count). The molecule has 4 heteroatoms. The number of hydrogen-bond donors (Lipinski definition) is 1. The minimum absolute atomic E-state index is 0.285. The van der Waals surface area contributed by atoms with Crippen LogP contribution in [0.15, 0.2) is 30.3 Å². The number of fused-ring (bicyclic) bond motifs is 1. The number of nitrogens with zero attached hydrogens (tertiary/aromatic N) is 1. The molecule has 28 heavy (non-hydrogen) atoms. The largest absolute Gasteiger partial charge is 0.507 e. The van der Waals surface area contributed by atoms with Crippen molar-refractivity contribution in [3.05, 3.63) is 58.1 Å². The molecule has 148 valence electrons. The normalized spacial score (nSPS) is 14.2. The number of anilines is 1. The number of aryl methyl sites for hydroxylation is 3. The Morgan fingerprint density at radius 1 is 1.07 bits per heavy atom. The van der Waals surface area contributed by atoms with E-state index >= 15 is 0 Å². The number of carbonyl (C=O) groups excluding carboxylic acids is 1. The van der Waals surface area contributed by atoms with Crippen molar-refractivity contribution in [2.75, 3.05) is 11.4 Å². The third-order valence-corrected chi connectivity index (χ3v) is 4.82. The van der Waals surface area contributed by atoms with Gasteiger partial charge in [0.1, 0.15) is 11.4 Å². The maximum atomic E-state index is 12.5. The Balaban J connectivity index is 1.82. The van der Waals surface area contributed by atoms with Crippen LogP contribution < -0.4 is 4.90 Å². The second-order valence-corrected chi connectivity index (χ2v) is 8.46. The van der Waals surface area contributed by atoms with Gasteiger partial charge < -0.3 is 9.84 Å². The molecule has 4 nitrogen and oxygen atoms in total. The van der Waals surface area contributed by atoms with Gasteiger partial charge in [0.25, 0.3) is 0 Å². The van der Waals surface area contributed by atoms with Crippen LogP contribution >= 0.6 is 0 Å². The summed E-state index contributed by atoms with van der Waals surface area (Å²) in [6.45, 7) is 10.2. The number of benzene rings is 2. The number of rotatable bonds is 2. The molecule has 1 aliphatic rings. The van der Waals surface area contributed by atoms with E-state index in [0.29, 0.717) is 12.3 Å². The highest BCUT2D eigenvalue weighted by atomic mass is 16.6. The van der Waals surface area contributed by atoms with Gasteiger partial charge in [-0.1, -0.05) is 18.2 Å². The van der Waals surface area contributed by atoms with Gasteiger partial charge in [0.05, 0.1) is 5.69 Å². The van der Waals surface area contributed by atoms with Gasteiger partial charge in [-0.2, -0.15) is 0 Å². The minimum Gasteiger partial charge on any atom is -0.507 e. The first-order valence-corrected chi connectivity index (χ1v) is 9.76. The molecule has 1 heterocycles. The fraction of sp³-hybridized carbons (Fsp3) is 0.375. The Kier molecular flexibility index (Phi) is 5.50. The molecule has 2 aromatic carbocycles. The second kappa shape index (κ2) is 7.70. The van der Waals surface area contributed by atoms with Gasteiger partial charge in [0, 0.05) is 6.54 Å². The van der Waals surface area contributed by atoms with E-state index in [1.165, 1.54) is 0 Å². The van der Waals surface area contributed by atoms with Crippen LogP contribution in [0.3, 0.4) is 0 Å². The number of phenolic OH excluding ortho intramolecular Hbond substituents is 1. The van der Waals surface area contributed by atoms with Gasteiger partial charge in [-0.25, -0.2) is 4.79 Å². The van der Waals surface area contributed by atoms with Gasteiger partial charge in [-0.05, 0) is 99.5 Å². The van der Waals surface area contributed by atoms with Crippen LogP contribution in [0.1, 0.15) is 55.0 Å². The van der Waals surface area contributed by atoms with Crippen molar-refractivity contribution in [2.45, 2.75) is 53.1 Å². The maximum Gasteiger partial charge on any atom is 0.414 e. The van der Waals surface area contributed by atoms with E-state index in [1.807, 2.05) is 58.9 Å². The summed E-state index contributed by atoms with van der Waals surface area (Å²) in [6, 6.07) is 10.1. The molecule has 2 aromatic rings. The Labute approximate surface area is 167 Å². The zero-order chi connectivity index (χ0) is 20.5. The first-order valence-electron chi connectivity index (χ1n) is 9.76. The summed E-state index contributed by atoms with van der Waals surface area (Å²) in [6.07, 6.45) is 5.71. The molecule has 0 saturated carbocycles. The summed E-state index contributed by atoms with van der Waals surface area (Å²) in [5.74, 6) is 0.355. The average molecular weight is 380 g/mol. The van der Waals surface area contributed by atoms with Gasteiger partial charge in [-0.3, -0.25) is 4.90 Å². The van der Waals surface area contributed by atoms with Crippen molar-refractivity contribution in [1.29, 1.82) is 0 Å². The standard InChI is InChI=1S/C24H29NO3/c1-16-13-19(14-17(2)22(16)26)9-8-18-10-11-21-20(15-18)7-6-12-25(21)23(27)28-24(3,4)5/h8-11,13-15,26H,6-7,12H2,1-5H3/b9-8+. The van der Waals surface area contributed by atoms with E-state index in [9.17, 15) is 9.90 Å². The maximum absolute atomic E-state index is 12.5. The van der Waals surface area contributed by atoms with Crippen molar-refractivity contribution in [3.8, 4) is 5.75 Å². The van der Waals surface area contributed by atoms with E-state index in [1.54, 1.807) is 4.90 Å². The van der Waals surface area contributed by atoms with Gasteiger partial charge in [0.15, 0.2) is 0 Å². The van der Waals surface area contributed by atoms with Crippen LogP contribution in [0.2, 0.25) is 0 Å². The lowest BCUT2D eigenvalue weighted by molar-refractivity contribution is 0.0578. The topological polar surface area (TPSA) is 49.8 Å². The summed E-state index contributed by atoms with van der Waals surface area (Å²) in [5, 5.41) is 9.92. The Morgan fingerprint density at radius 3 is 2.36 bits per heavy atom. The minimum atomic E-state index is -0.502. The summed E-state index contributed by atoms with van der Waals surface area (Å²) in [5.41, 5.74) is 5.49. The fourth-order valence-electron chi connectivity index (χ4n) is 3.51. The first-order chi connectivity index (χ1) is 13.1. The SMILES string of the molecule is Cc1cc(/C=C/c2ccc3c(c2)CCCN3C(=O)OC(C)(C)C)cc(C)c1O. The summed E-state index contributed by atoms with van der Waals surface area (Å²) >= 11 is 0. The second-order valence-electron chi connectivity index (χ2n) is 8.46. The molecule has 0 fully saturated rings. The van der Waals surface area contributed by atoms with Crippen LogP contribution in [0, 0.1) is 13.8 Å². The smallest absolute Gasteiger partial charge is 0.414 e. The number of aromatic hydroxyl groups is 1. The van der Waals surface area contributed by atoms with Crippen molar-refractivity contribution in [2.24, 2.45) is 0 Å². The zero-order valence-electron chi connectivity index (χ0n) is 17.4. The van der Waals surface area contributed by atoms with Crippen LogP contribution in [-0.4, -0.2) is 23.3 Å². The molecular formula is C24H29NO3. The van der Waals surface area contributed by atoms with Crippen molar-refractivity contribution < 1.29 is 14.6 Å². The van der Waals surface area contributed by atoms with Crippen LogP contribution in [0.5, 0.6) is 5.75 Å². The predicted molar refractivity (Wildman–Crippen MR) is 115 cm³/mol. The predicted octanol–water partition coefficient (Wildman–Crippen LogP) is 5.87. The molecule has 0 unspecified atom stereocenters. The van der Waals surface area contributed by atoms with E-state index in [0.717, 1.165) is 46.3 Å². The van der Waals surface area contributed by atoms with Gasteiger partial charge in [-0.15, -0.1) is 0 Å². The Hall–Kier alpha value is -2.75. The summed E-state index contributed by atoms with van der Waals surface area (Å²) in [4.78, 5) is 14.3. The summed E-state index contributed by atoms with van der Waals surface area (Å²) < 4.78 is 5.55. The number of ether oxygens (including phenoxy) is 1. The van der Waals surface area contributed by atoms with Gasteiger partial charge >= 0.3 is 6.09 Å². The lowest BCUT2D eigenvalue weighted by Crippen LogP contribution is -2.39. The number of carbonyl (C=O) groups is 1. The third-order valence-electron chi connectivity index (χ3n) is 4.82. The van der Waals surface area contributed by atoms with E-state index in [-0.39, 0.29) is 6.09 Å². The molecule has 0 spiro atoms. The fourth-order valence-corrected chi connectivity index (χ4v) is 3.51. The van der Waals surface area contributed by atoms with Crippen molar-refractivity contribution in [1.82, 2.24) is 0 Å². The van der Waals surface area contributed by atoms with E-state index < -0.39 is 5.60 Å². The highest BCUT2D eigenvalue weighted by Gasteiger charge is 2.27. The molecular weight excluding hydrogens is 350 g/mol. The van der Waals surface area contributed by atoms with Crippen LogP contribution in [-0.2, 0) is 11.2 Å². The average Bonchev–Trinajstić information content (AvgIpc) is 2.62. The number of amides is 1. The third kappa shape index (κ3) is 4.56. The van der Waals surface area contributed by atoms with Crippen molar-refractivity contribution >= 4 is 23.9 Å². The Morgan fingerprint density at radius 2 is 1.71 bits per heavy atom. The summed E-state index contributed by atoms with van der Waals surface area (Å²) in [7, 11) is 0. The quantitative estimate of drug-likeness (QED) is 0.664.